The normalized spacial score (nSPS) is 21.3. The van der Waals surface area contributed by atoms with E-state index in [9.17, 15) is 4.79 Å². The molecule has 0 N–H and O–H groups in total. The number of para-hydroxylation sites is 1. The van der Waals surface area contributed by atoms with Gasteiger partial charge in [0.15, 0.2) is 0 Å². The second kappa shape index (κ2) is 9.78. The van der Waals surface area contributed by atoms with Crippen molar-refractivity contribution in [2.24, 2.45) is 0 Å². The standard InChI is InChI=1S/C18H28N2O2.ClH/c1-15-8-7-9-16(2)20(15)14-18(21)19(3)12-13-22-17-10-5-4-6-11-17;/h4-6,10-11,15-16H,7-9,12-14H2,1-3H3;1H. The molecule has 1 aromatic rings. The smallest absolute Gasteiger partial charge is 0.236 e. The van der Waals surface area contributed by atoms with E-state index in [1.54, 1.807) is 4.90 Å². The minimum atomic E-state index is 0. The number of rotatable bonds is 6. The maximum Gasteiger partial charge on any atom is 0.236 e. The summed E-state index contributed by atoms with van der Waals surface area (Å²) >= 11 is 0. The Kier molecular flexibility index (Phi) is 8.42. The lowest BCUT2D eigenvalue weighted by Crippen LogP contribution is -2.49. The van der Waals surface area contributed by atoms with Crippen molar-refractivity contribution in [3.05, 3.63) is 30.3 Å². The molecule has 0 spiro atoms. The molecule has 1 fully saturated rings. The Balaban J connectivity index is 0.00000264. The second-order valence-electron chi connectivity index (χ2n) is 6.28. The van der Waals surface area contributed by atoms with E-state index in [0.717, 1.165) is 5.75 Å². The van der Waals surface area contributed by atoms with Crippen LogP contribution in [-0.2, 0) is 4.79 Å². The van der Waals surface area contributed by atoms with Crippen molar-refractivity contribution in [2.45, 2.75) is 45.2 Å². The van der Waals surface area contributed by atoms with Crippen molar-refractivity contribution in [3.8, 4) is 5.75 Å². The maximum absolute atomic E-state index is 12.4. The fourth-order valence-corrected chi connectivity index (χ4v) is 3.01. The zero-order valence-electron chi connectivity index (χ0n) is 14.4. The number of likely N-dealkylation sites (N-methyl/N-ethyl adjacent to an activating group) is 1. The summed E-state index contributed by atoms with van der Waals surface area (Å²) in [6, 6.07) is 10.7. The number of carbonyl (C=O) groups excluding carboxylic acids is 1. The quantitative estimate of drug-likeness (QED) is 0.797. The number of hydrogen-bond acceptors (Lipinski definition) is 3. The van der Waals surface area contributed by atoms with Gasteiger partial charge < -0.3 is 9.64 Å². The van der Waals surface area contributed by atoms with Crippen LogP contribution in [0.25, 0.3) is 0 Å². The van der Waals surface area contributed by atoms with Gasteiger partial charge in [0, 0.05) is 19.1 Å². The van der Waals surface area contributed by atoms with Crippen molar-refractivity contribution in [3.63, 3.8) is 0 Å². The lowest BCUT2D eigenvalue weighted by Gasteiger charge is -2.39. The molecule has 1 amide bonds. The molecule has 0 aromatic heterocycles. The monoisotopic (exact) mass is 340 g/mol. The van der Waals surface area contributed by atoms with Crippen LogP contribution in [0.3, 0.4) is 0 Å². The molecular formula is C18H29ClN2O2. The molecule has 5 heteroatoms. The van der Waals surface area contributed by atoms with E-state index in [2.05, 4.69) is 18.7 Å². The molecule has 2 atom stereocenters. The third-order valence-corrected chi connectivity index (χ3v) is 4.56. The molecule has 1 saturated heterocycles. The van der Waals surface area contributed by atoms with Gasteiger partial charge in [0.25, 0.3) is 0 Å². The van der Waals surface area contributed by atoms with Crippen molar-refractivity contribution in [1.29, 1.82) is 0 Å². The van der Waals surface area contributed by atoms with E-state index in [1.807, 2.05) is 37.4 Å². The Morgan fingerprint density at radius 2 is 1.83 bits per heavy atom. The highest BCUT2D eigenvalue weighted by molar-refractivity contribution is 5.85. The van der Waals surface area contributed by atoms with Crippen molar-refractivity contribution in [2.75, 3.05) is 26.7 Å². The van der Waals surface area contributed by atoms with Crippen LogP contribution < -0.4 is 4.74 Å². The van der Waals surface area contributed by atoms with E-state index < -0.39 is 0 Å². The van der Waals surface area contributed by atoms with Crippen LogP contribution in [-0.4, -0.2) is 54.5 Å². The highest BCUT2D eigenvalue weighted by atomic mass is 35.5. The molecule has 23 heavy (non-hydrogen) atoms. The van der Waals surface area contributed by atoms with Crippen molar-refractivity contribution >= 4 is 18.3 Å². The molecule has 1 aromatic carbocycles. The first-order valence-electron chi connectivity index (χ1n) is 8.25. The topological polar surface area (TPSA) is 32.8 Å². The molecule has 2 unspecified atom stereocenters. The molecule has 1 aliphatic rings. The fourth-order valence-electron chi connectivity index (χ4n) is 3.01. The number of nitrogens with zero attached hydrogens (tertiary/aromatic N) is 2. The third-order valence-electron chi connectivity index (χ3n) is 4.56. The third kappa shape index (κ3) is 6.04. The zero-order valence-corrected chi connectivity index (χ0v) is 15.2. The molecule has 1 aliphatic heterocycles. The number of benzene rings is 1. The summed E-state index contributed by atoms with van der Waals surface area (Å²) < 4.78 is 5.65. The molecule has 0 radical (unpaired) electrons. The predicted octanol–water partition coefficient (Wildman–Crippen LogP) is 3.21. The van der Waals surface area contributed by atoms with Gasteiger partial charge >= 0.3 is 0 Å². The molecule has 0 bridgehead atoms. The van der Waals surface area contributed by atoms with Gasteiger partial charge in [0.2, 0.25) is 5.91 Å². The number of halogens is 1. The number of ether oxygens (including phenoxy) is 1. The lowest BCUT2D eigenvalue weighted by atomic mass is 9.97. The van der Waals surface area contributed by atoms with Gasteiger partial charge in [-0.3, -0.25) is 9.69 Å². The van der Waals surface area contributed by atoms with E-state index in [0.29, 0.717) is 31.8 Å². The Labute approximate surface area is 146 Å². The maximum atomic E-state index is 12.4. The van der Waals surface area contributed by atoms with Gasteiger partial charge in [-0.2, -0.15) is 0 Å². The first-order valence-corrected chi connectivity index (χ1v) is 8.25. The van der Waals surface area contributed by atoms with Crippen LogP contribution >= 0.6 is 12.4 Å². The van der Waals surface area contributed by atoms with Crippen LogP contribution in [0, 0.1) is 0 Å². The van der Waals surface area contributed by atoms with Crippen molar-refractivity contribution in [1.82, 2.24) is 9.80 Å². The highest BCUT2D eigenvalue weighted by Gasteiger charge is 2.27. The average Bonchev–Trinajstić information content (AvgIpc) is 2.52. The Morgan fingerprint density at radius 1 is 1.22 bits per heavy atom. The van der Waals surface area contributed by atoms with Crippen LogP contribution in [0.2, 0.25) is 0 Å². The van der Waals surface area contributed by atoms with E-state index in [4.69, 9.17) is 4.74 Å². The molecule has 4 nitrogen and oxygen atoms in total. The summed E-state index contributed by atoms with van der Waals surface area (Å²) in [5.74, 6) is 1.03. The van der Waals surface area contributed by atoms with Crippen LogP contribution in [0.4, 0.5) is 0 Å². The van der Waals surface area contributed by atoms with Crippen molar-refractivity contribution < 1.29 is 9.53 Å². The highest BCUT2D eigenvalue weighted by Crippen LogP contribution is 2.22. The number of piperidine rings is 1. The van der Waals surface area contributed by atoms with Gasteiger partial charge in [0.1, 0.15) is 12.4 Å². The molecule has 2 rings (SSSR count). The molecule has 1 heterocycles. The molecule has 0 saturated carbocycles. The SMILES string of the molecule is CC1CCCC(C)N1CC(=O)N(C)CCOc1ccccc1.Cl. The summed E-state index contributed by atoms with van der Waals surface area (Å²) in [4.78, 5) is 16.5. The largest absolute Gasteiger partial charge is 0.492 e. The predicted molar refractivity (Wildman–Crippen MR) is 96.3 cm³/mol. The van der Waals surface area contributed by atoms with E-state index in [-0.39, 0.29) is 18.3 Å². The van der Waals surface area contributed by atoms with Gasteiger partial charge in [-0.05, 0) is 38.8 Å². The molecular weight excluding hydrogens is 312 g/mol. The Hall–Kier alpha value is -1.26. The summed E-state index contributed by atoms with van der Waals surface area (Å²) in [6.45, 7) is 6.11. The summed E-state index contributed by atoms with van der Waals surface area (Å²) in [5.41, 5.74) is 0. The van der Waals surface area contributed by atoms with Gasteiger partial charge in [-0.25, -0.2) is 0 Å². The summed E-state index contributed by atoms with van der Waals surface area (Å²) in [7, 11) is 1.86. The van der Waals surface area contributed by atoms with E-state index >= 15 is 0 Å². The van der Waals surface area contributed by atoms with Gasteiger partial charge in [0.05, 0.1) is 13.1 Å². The average molecular weight is 341 g/mol. The number of carbonyl (C=O) groups is 1. The number of hydrogen-bond donors (Lipinski definition) is 0. The summed E-state index contributed by atoms with van der Waals surface area (Å²) in [6.07, 6.45) is 3.66. The van der Waals surface area contributed by atoms with Crippen LogP contribution in [0.1, 0.15) is 33.1 Å². The Morgan fingerprint density at radius 3 is 2.43 bits per heavy atom. The lowest BCUT2D eigenvalue weighted by molar-refractivity contribution is -0.133. The first-order chi connectivity index (χ1) is 10.6. The number of likely N-dealkylation sites (tertiary alicyclic amines) is 1. The zero-order chi connectivity index (χ0) is 15.9. The van der Waals surface area contributed by atoms with E-state index in [1.165, 1.54) is 19.3 Å². The van der Waals surface area contributed by atoms with Crippen LogP contribution in [0.5, 0.6) is 5.75 Å². The molecule has 0 aliphatic carbocycles. The van der Waals surface area contributed by atoms with Gasteiger partial charge in [-0.1, -0.05) is 24.6 Å². The number of amides is 1. The minimum absolute atomic E-state index is 0. The first kappa shape index (κ1) is 19.8. The van der Waals surface area contributed by atoms with Crippen LogP contribution in [0.15, 0.2) is 30.3 Å². The van der Waals surface area contributed by atoms with Gasteiger partial charge in [-0.15, -0.1) is 12.4 Å². The second-order valence-corrected chi connectivity index (χ2v) is 6.28. The summed E-state index contributed by atoms with van der Waals surface area (Å²) in [5, 5.41) is 0. The molecule has 130 valence electrons. The minimum Gasteiger partial charge on any atom is -0.492 e. The fraction of sp³-hybridized carbons (Fsp3) is 0.611. The Bertz CT molecular complexity index is 459.